The van der Waals surface area contributed by atoms with Gasteiger partial charge in [-0.05, 0) is 36.4 Å². The Labute approximate surface area is 202 Å². The average Bonchev–Trinajstić information content (AvgIpc) is 2.65. The van der Waals surface area contributed by atoms with Crippen LogP contribution in [0, 0.1) is 0 Å². The van der Waals surface area contributed by atoms with Crippen LogP contribution in [0.5, 0.6) is 0 Å². The third-order valence-electron chi connectivity index (χ3n) is 3.85. The van der Waals surface area contributed by atoms with E-state index >= 15 is 0 Å². The molecule has 0 saturated carbocycles. The summed E-state index contributed by atoms with van der Waals surface area (Å²) in [5, 5.41) is 2.33. The minimum absolute atomic E-state index is 0.173. The first kappa shape index (κ1) is 27.5. The van der Waals surface area contributed by atoms with Gasteiger partial charge in [0, 0.05) is 42.7 Å². The zero-order valence-corrected chi connectivity index (χ0v) is 21.9. The topological polar surface area (TPSA) is 0 Å². The third kappa shape index (κ3) is 13.7. The molecular formula is C21H18Cl3F6SSb. The molecule has 0 N–H and O–H groups in total. The second-order valence-corrected chi connectivity index (χ2v) is 15.8. The summed E-state index contributed by atoms with van der Waals surface area (Å²) in [4.78, 5) is 0. The average molecular weight is 645 g/mol. The van der Waals surface area contributed by atoms with Gasteiger partial charge in [0.2, 0.25) is 0 Å². The van der Waals surface area contributed by atoms with Gasteiger partial charge in [-0.2, -0.15) is 0 Å². The molecule has 0 spiro atoms. The molecule has 0 nitrogen and oxygen atoms in total. The number of benzene rings is 3. The van der Waals surface area contributed by atoms with Crippen molar-refractivity contribution >= 4 is 65.2 Å². The Morgan fingerprint density at radius 2 is 0.656 bits per heavy atom. The zero-order chi connectivity index (χ0) is 24.1. The number of hydrogen-bond acceptors (Lipinski definition) is 0. The summed E-state index contributed by atoms with van der Waals surface area (Å²) < 4.78 is 59.6. The fraction of sp³-hybridized carbons (Fsp3) is 0.143. The molecule has 0 unspecified atom stereocenters. The van der Waals surface area contributed by atoms with E-state index in [0.717, 1.165) is 32.3 Å². The van der Waals surface area contributed by atoms with E-state index in [1.54, 1.807) is 0 Å². The summed E-state index contributed by atoms with van der Waals surface area (Å²) in [7, 11) is 0.173. The Balaban J connectivity index is 0.000000451. The molecule has 0 atom stereocenters. The van der Waals surface area contributed by atoms with Crippen LogP contribution in [0.1, 0.15) is 16.7 Å². The maximum absolute atomic E-state index is 11.2. The van der Waals surface area contributed by atoms with Gasteiger partial charge in [-0.1, -0.05) is 71.2 Å². The Hall–Kier alpha value is -0.722. The molecule has 11 heteroatoms. The van der Waals surface area contributed by atoms with E-state index in [1.165, 1.54) is 16.7 Å². The van der Waals surface area contributed by atoms with Gasteiger partial charge in [-0.15, -0.1) is 0 Å². The molecule has 3 aromatic carbocycles. The van der Waals surface area contributed by atoms with Crippen molar-refractivity contribution < 1.29 is 16.9 Å². The van der Waals surface area contributed by atoms with Crippen molar-refractivity contribution in [3.8, 4) is 0 Å². The first-order valence-corrected chi connectivity index (χ1v) is 17.6. The summed E-state index contributed by atoms with van der Waals surface area (Å²) in [5.41, 5.74) is 3.95. The molecule has 0 aliphatic carbocycles. The van der Waals surface area contributed by atoms with E-state index in [0.29, 0.717) is 0 Å². The normalized spacial score (nSPS) is 13.7. The molecule has 0 bridgehead atoms. The first-order valence-electron chi connectivity index (χ1n) is 8.97. The third-order valence-corrected chi connectivity index (χ3v) is 6.83. The molecule has 0 radical (unpaired) electrons. The summed E-state index contributed by atoms with van der Waals surface area (Å²) in [6, 6.07) is 24.5. The predicted octanol–water partition coefficient (Wildman–Crippen LogP) is 9.31. The van der Waals surface area contributed by atoms with Crippen LogP contribution in [0.3, 0.4) is 0 Å². The van der Waals surface area contributed by atoms with Gasteiger partial charge in [0.25, 0.3) is 0 Å². The van der Waals surface area contributed by atoms with Crippen LogP contribution in [0.15, 0.2) is 72.8 Å². The molecule has 176 valence electrons. The SMILES string of the molecule is Clc1ccc(C[S+](Cc2ccc(Cl)cc2)Cc2ccc(Cl)cc2)cc1.[F][Sb-]([F])([F])([F])([F])[F]. The molecule has 0 fully saturated rings. The zero-order valence-electron chi connectivity index (χ0n) is 16.3. The van der Waals surface area contributed by atoms with Crippen molar-refractivity contribution in [2.24, 2.45) is 0 Å². The van der Waals surface area contributed by atoms with E-state index < -0.39 is 19.5 Å². The quantitative estimate of drug-likeness (QED) is 0.143. The molecular weight excluding hydrogens is 626 g/mol. The van der Waals surface area contributed by atoms with E-state index in [-0.39, 0.29) is 10.9 Å². The van der Waals surface area contributed by atoms with Crippen molar-refractivity contribution in [2.75, 3.05) is 0 Å². The number of hydrogen-bond donors (Lipinski definition) is 0. The summed E-state index contributed by atoms with van der Waals surface area (Å²) in [6.45, 7) is 0. The van der Waals surface area contributed by atoms with E-state index in [4.69, 9.17) is 34.8 Å². The Bertz CT molecular complexity index is 885. The van der Waals surface area contributed by atoms with Gasteiger partial charge in [-0.3, -0.25) is 0 Å². The summed E-state index contributed by atoms with van der Waals surface area (Å²) >= 11 is 6.79. The Morgan fingerprint density at radius 3 is 0.844 bits per heavy atom. The van der Waals surface area contributed by atoms with Gasteiger partial charge < -0.3 is 0 Å². The van der Waals surface area contributed by atoms with Crippen molar-refractivity contribution in [3.63, 3.8) is 0 Å². The fourth-order valence-electron chi connectivity index (χ4n) is 2.60. The molecule has 0 heterocycles. The first-order chi connectivity index (χ1) is 14.5. The van der Waals surface area contributed by atoms with Crippen LogP contribution in [0.4, 0.5) is 16.9 Å². The summed E-state index contributed by atoms with van der Waals surface area (Å²) in [6.07, 6.45) is 0. The van der Waals surface area contributed by atoms with Gasteiger partial charge in [0.1, 0.15) is 17.3 Å². The van der Waals surface area contributed by atoms with Crippen LogP contribution in [0.2, 0.25) is 15.1 Å². The van der Waals surface area contributed by atoms with Gasteiger partial charge in [0.05, 0.1) is 0 Å². The molecule has 0 aromatic heterocycles. The molecule has 32 heavy (non-hydrogen) atoms. The monoisotopic (exact) mass is 642 g/mol. The van der Waals surface area contributed by atoms with Crippen molar-refractivity contribution in [2.45, 2.75) is 17.3 Å². The standard InChI is InChI=1S/C21H18Cl3S.6FH.Sb/c22-19-7-1-16(2-8-19)13-25(14-17-3-9-20(23)10-4-17)15-18-5-11-21(24)12-6-18;;;;;;;/h1-12H,13-15H2;6*1H;/q+1;;;;;;;+5/p-6. The Kier molecular flexibility index (Phi) is 8.83. The molecule has 3 aromatic rings. The molecule has 0 aliphatic rings. The molecule has 0 aliphatic heterocycles. The molecule has 0 saturated heterocycles. The number of halogens is 9. The fourth-order valence-corrected chi connectivity index (χ4v) is 5.28. The van der Waals surface area contributed by atoms with Gasteiger partial charge >= 0.3 is 36.4 Å². The summed E-state index contributed by atoms with van der Waals surface area (Å²) in [5.74, 6) is 3.09. The van der Waals surface area contributed by atoms with Crippen LogP contribution in [-0.2, 0) is 28.2 Å². The predicted molar refractivity (Wildman–Crippen MR) is 125 cm³/mol. The van der Waals surface area contributed by atoms with Crippen LogP contribution >= 0.6 is 34.8 Å². The van der Waals surface area contributed by atoms with Gasteiger partial charge in [-0.25, -0.2) is 0 Å². The van der Waals surface area contributed by atoms with Crippen molar-refractivity contribution in [3.05, 3.63) is 105 Å². The van der Waals surface area contributed by atoms with Gasteiger partial charge in [0.15, 0.2) is 0 Å². The maximum atomic E-state index is 9.93. The van der Waals surface area contributed by atoms with E-state index in [1.807, 2.05) is 36.4 Å². The second-order valence-electron chi connectivity index (χ2n) is 6.88. The molecule has 0 amide bonds. The van der Waals surface area contributed by atoms with Crippen LogP contribution in [0.25, 0.3) is 0 Å². The number of rotatable bonds is 6. The molecule has 3 rings (SSSR count). The van der Waals surface area contributed by atoms with E-state index in [2.05, 4.69) is 36.4 Å². The van der Waals surface area contributed by atoms with Crippen molar-refractivity contribution in [1.82, 2.24) is 0 Å². The minimum atomic E-state index is -11.2. The van der Waals surface area contributed by atoms with Crippen molar-refractivity contribution in [1.29, 1.82) is 0 Å². The van der Waals surface area contributed by atoms with Crippen LogP contribution < -0.4 is 0 Å². The Morgan fingerprint density at radius 1 is 0.469 bits per heavy atom. The van der Waals surface area contributed by atoms with E-state index in [9.17, 15) is 16.9 Å². The second kappa shape index (κ2) is 10.3. The van der Waals surface area contributed by atoms with Crippen LogP contribution in [-0.4, -0.2) is 19.5 Å².